The molecule has 18 heavy (non-hydrogen) atoms. The van der Waals surface area contributed by atoms with Crippen LogP contribution in [-0.2, 0) is 6.18 Å². The van der Waals surface area contributed by atoms with Crippen molar-refractivity contribution in [3.63, 3.8) is 0 Å². The molecule has 100 valence electrons. The zero-order valence-electron chi connectivity index (χ0n) is 10.4. The minimum atomic E-state index is -4.74. The number of Topliss-reactive ketones (excluding diaryl/α,β-unsaturated/α-hetero) is 1. The SMILES string of the molecule is CC(C)(C)CC(=O)c1ccc(C(F)(F)F)c(F)c1. The molecule has 0 bridgehead atoms. The molecule has 0 saturated carbocycles. The molecule has 0 aliphatic carbocycles. The minimum absolute atomic E-state index is 0.0320. The maximum absolute atomic E-state index is 13.3. The molecule has 0 radical (unpaired) electrons. The molecule has 0 unspecified atom stereocenters. The fourth-order valence-corrected chi connectivity index (χ4v) is 1.50. The third-order valence-electron chi connectivity index (χ3n) is 2.29. The highest BCUT2D eigenvalue weighted by Gasteiger charge is 2.34. The van der Waals surface area contributed by atoms with Crippen molar-refractivity contribution < 1.29 is 22.4 Å². The highest BCUT2D eigenvalue weighted by molar-refractivity contribution is 5.96. The molecule has 5 heteroatoms. The lowest BCUT2D eigenvalue weighted by Gasteiger charge is -2.17. The van der Waals surface area contributed by atoms with Crippen molar-refractivity contribution in [3.05, 3.63) is 35.1 Å². The molecule has 0 spiro atoms. The van der Waals surface area contributed by atoms with E-state index in [1.165, 1.54) is 0 Å². The molecule has 1 rings (SSSR count). The normalized spacial score (nSPS) is 12.6. The quantitative estimate of drug-likeness (QED) is 0.568. The number of benzene rings is 1. The predicted molar refractivity (Wildman–Crippen MR) is 59.8 cm³/mol. The van der Waals surface area contributed by atoms with Crippen LogP contribution in [0.3, 0.4) is 0 Å². The first-order valence-corrected chi connectivity index (χ1v) is 5.41. The van der Waals surface area contributed by atoms with Gasteiger partial charge in [-0.05, 0) is 17.5 Å². The van der Waals surface area contributed by atoms with E-state index in [1.807, 2.05) is 20.8 Å². The molecule has 1 aromatic carbocycles. The summed E-state index contributed by atoms with van der Waals surface area (Å²) in [7, 11) is 0. The van der Waals surface area contributed by atoms with Crippen molar-refractivity contribution in [1.82, 2.24) is 0 Å². The second-order valence-electron chi connectivity index (χ2n) is 5.35. The summed E-state index contributed by atoms with van der Waals surface area (Å²) in [5, 5.41) is 0. The fraction of sp³-hybridized carbons (Fsp3) is 0.462. The number of hydrogen-bond donors (Lipinski definition) is 0. The smallest absolute Gasteiger partial charge is 0.294 e. The van der Waals surface area contributed by atoms with Gasteiger partial charge >= 0.3 is 6.18 Å². The molecule has 0 N–H and O–H groups in total. The third kappa shape index (κ3) is 3.82. The van der Waals surface area contributed by atoms with Gasteiger partial charge in [0.05, 0.1) is 5.56 Å². The summed E-state index contributed by atoms with van der Waals surface area (Å²) in [5.74, 6) is -1.78. The Kier molecular flexibility index (Phi) is 3.84. The van der Waals surface area contributed by atoms with Crippen LogP contribution in [0.1, 0.15) is 43.1 Å². The lowest BCUT2D eigenvalue weighted by atomic mass is 9.87. The summed E-state index contributed by atoms with van der Waals surface area (Å²) in [5.41, 5.74) is -1.68. The van der Waals surface area contributed by atoms with Crippen LogP contribution in [0.25, 0.3) is 0 Å². The average Bonchev–Trinajstić information content (AvgIpc) is 2.12. The number of halogens is 4. The number of alkyl halides is 3. The van der Waals surface area contributed by atoms with Crippen LogP contribution in [0.4, 0.5) is 17.6 Å². The zero-order chi connectivity index (χ0) is 14.1. The molecular weight excluding hydrogens is 248 g/mol. The second-order valence-corrected chi connectivity index (χ2v) is 5.35. The Bertz CT molecular complexity index is 455. The summed E-state index contributed by atoms with van der Waals surface area (Å²) in [6.45, 7) is 5.47. The van der Waals surface area contributed by atoms with Crippen molar-refractivity contribution in [2.45, 2.75) is 33.4 Å². The summed E-state index contributed by atoms with van der Waals surface area (Å²) >= 11 is 0. The van der Waals surface area contributed by atoms with Gasteiger partial charge in [0, 0.05) is 12.0 Å². The van der Waals surface area contributed by atoms with Gasteiger partial charge in [-0.3, -0.25) is 4.79 Å². The molecule has 1 aromatic rings. The fourth-order valence-electron chi connectivity index (χ4n) is 1.50. The van der Waals surface area contributed by atoms with E-state index in [9.17, 15) is 22.4 Å². The summed E-state index contributed by atoms with van der Waals surface area (Å²) in [4.78, 5) is 11.7. The van der Waals surface area contributed by atoms with Crippen LogP contribution in [0.2, 0.25) is 0 Å². The van der Waals surface area contributed by atoms with Gasteiger partial charge in [0.1, 0.15) is 5.82 Å². The van der Waals surface area contributed by atoms with Gasteiger partial charge in [-0.25, -0.2) is 4.39 Å². The minimum Gasteiger partial charge on any atom is -0.294 e. The number of rotatable bonds is 2. The maximum atomic E-state index is 13.3. The molecule has 0 atom stereocenters. The van der Waals surface area contributed by atoms with Gasteiger partial charge in [-0.2, -0.15) is 13.2 Å². The molecular formula is C13H14F4O. The first-order valence-electron chi connectivity index (χ1n) is 5.41. The van der Waals surface area contributed by atoms with Gasteiger partial charge in [0.2, 0.25) is 0 Å². The Labute approximate surface area is 103 Å². The maximum Gasteiger partial charge on any atom is 0.419 e. The van der Waals surface area contributed by atoms with Crippen LogP contribution in [0.5, 0.6) is 0 Å². The molecule has 0 heterocycles. The van der Waals surface area contributed by atoms with Gasteiger partial charge in [0.15, 0.2) is 5.78 Å². The van der Waals surface area contributed by atoms with E-state index in [4.69, 9.17) is 0 Å². The van der Waals surface area contributed by atoms with Gasteiger partial charge < -0.3 is 0 Å². The van der Waals surface area contributed by atoms with Crippen LogP contribution in [0.15, 0.2) is 18.2 Å². The van der Waals surface area contributed by atoms with Crippen molar-refractivity contribution in [3.8, 4) is 0 Å². The van der Waals surface area contributed by atoms with Crippen molar-refractivity contribution in [1.29, 1.82) is 0 Å². The van der Waals surface area contributed by atoms with Crippen molar-refractivity contribution in [2.75, 3.05) is 0 Å². The number of hydrogen-bond acceptors (Lipinski definition) is 1. The van der Waals surface area contributed by atoms with E-state index in [-0.39, 0.29) is 23.2 Å². The molecule has 0 fully saturated rings. The second kappa shape index (κ2) is 4.71. The molecule has 0 aromatic heterocycles. The van der Waals surface area contributed by atoms with Crippen LogP contribution >= 0.6 is 0 Å². The Hall–Kier alpha value is -1.39. The summed E-state index contributed by atoms with van der Waals surface area (Å²) in [6.07, 6.45) is -4.59. The Morgan fingerprint density at radius 3 is 2.11 bits per heavy atom. The molecule has 0 amide bonds. The number of ketones is 1. The molecule has 1 nitrogen and oxygen atoms in total. The van der Waals surface area contributed by atoms with E-state index < -0.39 is 17.6 Å². The number of carbonyl (C=O) groups excluding carboxylic acids is 1. The monoisotopic (exact) mass is 262 g/mol. The molecule has 0 aliphatic rings. The van der Waals surface area contributed by atoms with Gasteiger partial charge in [-0.15, -0.1) is 0 Å². The Balaban J connectivity index is 3.02. The van der Waals surface area contributed by atoms with Crippen LogP contribution in [-0.4, -0.2) is 5.78 Å². The van der Waals surface area contributed by atoms with E-state index in [0.29, 0.717) is 12.1 Å². The molecule has 0 aliphatic heterocycles. The van der Waals surface area contributed by atoms with Crippen LogP contribution < -0.4 is 0 Å². The van der Waals surface area contributed by atoms with Gasteiger partial charge in [0.25, 0.3) is 0 Å². The lowest BCUT2D eigenvalue weighted by Crippen LogP contribution is -2.14. The van der Waals surface area contributed by atoms with E-state index in [0.717, 1.165) is 6.07 Å². The van der Waals surface area contributed by atoms with Crippen molar-refractivity contribution in [2.24, 2.45) is 5.41 Å². The van der Waals surface area contributed by atoms with Crippen molar-refractivity contribution >= 4 is 5.78 Å². The van der Waals surface area contributed by atoms with Crippen LogP contribution in [0, 0.1) is 11.2 Å². The highest BCUT2D eigenvalue weighted by Crippen LogP contribution is 2.32. The largest absolute Gasteiger partial charge is 0.419 e. The van der Waals surface area contributed by atoms with E-state index >= 15 is 0 Å². The topological polar surface area (TPSA) is 17.1 Å². The van der Waals surface area contributed by atoms with Gasteiger partial charge in [-0.1, -0.05) is 26.8 Å². The standard InChI is InChI=1S/C13H14F4O/c1-12(2,3)7-11(18)8-4-5-9(10(14)6-8)13(15,16)17/h4-6H,7H2,1-3H3. The number of carbonyl (C=O) groups is 1. The first kappa shape index (κ1) is 14.7. The highest BCUT2D eigenvalue weighted by atomic mass is 19.4. The zero-order valence-corrected chi connectivity index (χ0v) is 10.4. The summed E-state index contributed by atoms with van der Waals surface area (Å²) < 4.78 is 50.3. The predicted octanol–water partition coefficient (Wildman–Crippen LogP) is 4.46. The third-order valence-corrected chi connectivity index (χ3v) is 2.29. The lowest BCUT2D eigenvalue weighted by molar-refractivity contribution is -0.140. The Morgan fingerprint density at radius 1 is 1.17 bits per heavy atom. The molecule has 0 saturated heterocycles. The average molecular weight is 262 g/mol. The van der Waals surface area contributed by atoms with E-state index in [1.54, 1.807) is 0 Å². The first-order chi connectivity index (χ1) is 8.00. The summed E-state index contributed by atoms with van der Waals surface area (Å²) in [6, 6.07) is 2.27. The Morgan fingerprint density at radius 2 is 1.72 bits per heavy atom. The van der Waals surface area contributed by atoms with E-state index in [2.05, 4.69) is 0 Å².